The zero-order valence-electron chi connectivity index (χ0n) is 19.7. The molecule has 11 heteroatoms. The van der Waals surface area contributed by atoms with Crippen LogP contribution in [0.25, 0.3) is 10.2 Å². The summed E-state index contributed by atoms with van der Waals surface area (Å²) < 4.78 is 29.2. The minimum Gasteiger partial charge on any atom is -0.390 e. The average molecular weight is 521 g/mol. The summed E-state index contributed by atoms with van der Waals surface area (Å²) in [5.74, 6) is -0.730. The molecule has 190 valence electrons. The van der Waals surface area contributed by atoms with Gasteiger partial charge in [-0.1, -0.05) is 44.2 Å². The van der Waals surface area contributed by atoms with Crippen molar-refractivity contribution in [2.24, 2.45) is 11.7 Å². The van der Waals surface area contributed by atoms with Gasteiger partial charge < -0.3 is 21.3 Å². The van der Waals surface area contributed by atoms with Crippen molar-refractivity contribution in [3.63, 3.8) is 0 Å². The van der Waals surface area contributed by atoms with E-state index in [4.69, 9.17) is 5.73 Å². The summed E-state index contributed by atoms with van der Waals surface area (Å²) in [5.41, 5.74) is 8.61. The predicted molar refractivity (Wildman–Crippen MR) is 136 cm³/mol. The number of thiazole rings is 1. The Labute approximate surface area is 209 Å². The molecular weight excluding hydrogens is 488 g/mol. The molecular formula is C24H32N4O5S2. The summed E-state index contributed by atoms with van der Waals surface area (Å²) in [6.07, 6.45) is -2.43. The zero-order chi connectivity index (χ0) is 25.6. The Morgan fingerprint density at radius 2 is 1.86 bits per heavy atom. The number of nitrogens with one attached hydrogen (secondary N) is 1. The van der Waals surface area contributed by atoms with Crippen molar-refractivity contribution in [1.29, 1.82) is 0 Å². The fourth-order valence-electron chi connectivity index (χ4n) is 3.70. The van der Waals surface area contributed by atoms with Gasteiger partial charge in [-0.3, -0.25) is 4.79 Å². The smallest absolute Gasteiger partial charge is 0.250 e. The molecule has 0 unspecified atom stereocenters. The van der Waals surface area contributed by atoms with E-state index in [2.05, 4.69) is 10.3 Å². The minimum absolute atomic E-state index is 0.00895. The maximum absolute atomic E-state index is 13.6. The minimum atomic E-state index is -3.95. The van der Waals surface area contributed by atoms with Gasteiger partial charge in [0, 0.05) is 19.6 Å². The van der Waals surface area contributed by atoms with E-state index >= 15 is 0 Å². The Bertz CT molecular complexity index is 1220. The third-order valence-corrected chi connectivity index (χ3v) is 8.14. The number of nitrogens with zero attached hydrogens (tertiary/aromatic N) is 2. The highest BCUT2D eigenvalue weighted by atomic mass is 32.2. The summed E-state index contributed by atoms with van der Waals surface area (Å²) in [4.78, 5) is 16.7. The van der Waals surface area contributed by atoms with Crippen molar-refractivity contribution < 1.29 is 23.4 Å². The Kier molecular flexibility index (Phi) is 9.34. The van der Waals surface area contributed by atoms with E-state index < -0.39 is 34.2 Å². The maximum Gasteiger partial charge on any atom is 0.250 e. The number of hydrogen-bond acceptors (Lipinski definition) is 8. The lowest BCUT2D eigenvalue weighted by molar-refractivity contribution is -0.130. The molecule has 3 aromatic rings. The number of amides is 1. The number of rotatable bonds is 12. The monoisotopic (exact) mass is 520 g/mol. The van der Waals surface area contributed by atoms with Crippen molar-refractivity contribution in [3.05, 3.63) is 59.6 Å². The molecule has 1 heterocycles. The third-order valence-electron chi connectivity index (χ3n) is 5.52. The summed E-state index contributed by atoms with van der Waals surface area (Å²) in [5, 5.41) is 23.6. The molecule has 1 aromatic heterocycles. The Morgan fingerprint density at radius 1 is 1.14 bits per heavy atom. The van der Waals surface area contributed by atoms with Gasteiger partial charge in [0.05, 0.1) is 32.8 Å². The molecule has 0 spiro atoms. The number of benzene rings is 2. The van der Waals surface area contributed by atoms with Crippen molar-refractivity contribution in [2.75, 3.05) is 19.6 Å². The van der Waals surface area contributed by atoms with Gasteiger partial charge in [-0.15, -0.1) is 11.3 Å². The van der Waals surface area contributed by atoms with Crippen LogP contribution in [-0.2, 0) is 21.2 Å². The summed E-state index contributed by atoms with van der Waals surface area (Å²) >= 11 is 1.35. The molecule has 0 aliphatic rings. The van der Waals surface area contributed by atoms with E-state index in [1.165, 1.54) is 21.7 Å². The van der Waals surface area contributed by atoms with Gasteiger partial charge >= 0.3 is 0 Å². The number of aliphatic hydroxyl groups is 2. The zero-order valence-corrected chi connectivity index (χ0v) is 21.4. The van der Waals surface area contributed by atoms with Crippen molar-refractivity contribution >= 4 is 37.5 Å². The molecule has 9 nitrogen and oxygen atoms in total. The molecule has 0 saturated heterocycles. The van der Waals surface area contributed by atoms with Crippen LogP contribution in [0.1, 0.15) is 19.4 Å². The van der Waals surface area contributed by atoms with Crippen molar-refractivity contribution in [1.82, 2.24) is 14.6 Å². The fraction of sp³-hybridized carbons (Fsp3) is 0.417. The lowest BCUT2D eigenvalue weighted by Gasteiger charge is -2.31. The van der Waals surface area contributed by atoms with Gasteiger partial charge in [0.1, 0.15) is 6.10 Å². The molecule has 0 aliphatic carbocycles. The van der Waals surface area contributed by atoms with E-state index in [-0.39, 0.29) is 36.9 Å². The second-order valence-corrected chi connectivity index (χ2v) is 11.6. The number of fused-ring (bicyclic) bond motifs is 1. The fourth-order valence-corrected chi connectivity index (χ4v) is 6.14. The van der Waals surface area contributed by atoms with Gasteiger partial charge in [0.2, 0.25) is 15.9 Å². The predicted octanol–water partition coefficient (Wildman–Crippen LogP) is 1.35. The lowest BCUT2D eigenvalue weighted by atomic mass is 10.0. The Balaban J connectivity index is 1.88. The van der Waals surface area contributed by atoms with Gasteiger partial charge in [0.25, 0.3) is 0 Å². The summed E-state index contributed by atoms with van der Waals surface area (Å²) in [6.45, 7) is 3.45. The molecule has 0 fully saturated rings. The maximum atomic E-state index is 13.6. The highest BCUT2D eigenvalue weighted by molar-refractivity contribution is 7.89. The lowest BCUT2D eigenvalue weighted by Crippen LogP contribution is -2.53. The van der Waals surface area contributed by atoms with Crippen LogP contribution >= 0.6 is 11.3 Å². The van der Waals surface area contributed by atoms with E-state index in [0.29, 0.717) is 5.52 Å². The molecule has 0 radical (unpaired) electrons. The first-order chi connectivity index (χ1) is 16.6. The van der Waals surface area contributed by atoms with Gasteiger partial charge in [-0.2, -0.15) is 4.31 Å². The van der Waals surface area contributed by atoms with Crippen molar-refractivity contribution in [2.45, 2.75) is 43.4 Å². The number of aromatic nitrogens is 1. The number of carbonyl (C=O) groups is 1. The molecule has 35 heavy (non-hydrogen) atoms. The number of sulfonamides is 1. The second kappa shape index (κ2) is 12.0. The van der Waals surface area contributed by atoms with Crippen LogP contribution < -0.4 is 11.1 Å². The van der Waals surface area contributed by atoms with Crippen LogP contribution in [0.2, 0.25) is 0 Å². The standard InChI is InChI=1S/C24H32N4O5S2/c1-16(2)13-28(35(32,33)18-8-9-19-23(11-18)34-15-26-19)14-22(30)20(27-24(31)21(29)12-25)10-17-6-4-3-5-7-17/h3-9,11,15-16,20-22,29-30H,10,12-14,25H2,1-2H3,(H,27,31)/t20-,21-,22+/m0/s1. The van der Waals surface area contributed by atoms with Gasteiger partial charge in [0.15, 0.2) is 0 Å². The molecule has 2 aromatic carbocycles. The van der Waals surface area contributed by atoms with E-state index in [9.17, 15) is 23.4 Å². The molecule has 5 N–H and O–H groups in total. The average Bonchev–Trinajstić information content (AvgIpc) is 3.31. The molecule has 3 rings (SSSR count). The second-order valence-electron chi connectivity index (χ2n) is 8.82. The Morgan fingerprint density at radius 3 is 2.51 bits per heavy atom. The molecule has 3 atom stereocenters. The largest absolute Gasteiger partial charge is 0.390 e. The van der Waals surface area contributed by atoms with Crippen molar-refractivity contribution in [3.8, 4) is 0 Å². The van der Waals surface area contributed by atoms with Crippen LogP contribution in [0.4, 0.5) is 0 Å². The van der Waals surface area contributed by atoms with E-state index in [1.54, 1.807) is 17.6 Å². The number of aliphatic hydroxyl groups excluding tert-OH is 2. The Hall–Kier alpha value is -2.41. The quantitative estimate of drug-likeness (QED) is 0.282. The molecule has 0 aliphatic heterocycles. The topological polar surface area (TPSA) is 146 Å². The molecule has 1 amide bonds. The number of nitrogens with two attached hydrogens (primary N) is 1. The number of hydrogen-bond donors (Lipinski definition) is 4. The highest BCUT2D eigenvalue weighted by Gasteiger charge is 2.32. The van der Waals surface area contributed by atoms with Gasteiger partial charge in [-0.25, -0.2) is 13.4 Å². The first kappa shape index (κ1) is 27.2. The highest BCUT2D eigenvalue weighted by Crippen LogP contribution is 2.25. The van der Waals surface area contributed by atoms with Crippen LogP contribution in [0, 0.1) is 5.92 Å². The molecule has 0 saturated carbocycles. The van der Waals surface area contributed by atoms with Crippen LogP contribution in [-0.4, -0.2) is 71.7 Å². The number of carbonyl (C=O) groups excluding carboxylic acids is 1. The summed E-state index contributed by atoms with van der Waals surface area (Å²) in [6, 6.07) is 13.1. The first-order valence-electron chi connectivity index (χ1n) is 11.4. The van der Waals surface area contributed by atoms with Gasteiger partial charge in [-0.05, 0) is 36.1 Å². The van der Waals surface area contributed by atoms with E-state index in [1.807, 2.05) is 44.2 Å². The normalized spacial score (nSPS) is 14.8. The van der Waals surface area contributed by atoms with Crippen LogP contribution in [0.5, 0.6) is 0 Å². The SMILES string of the molecule is CC(C)CN(C[C@@H](O)[C@H](Cc1ccccc1)NC(=O)[C@@H](O)CN)S(=O)(=O)c1ccc2ncsc2c1. The summed E-state index contributed by atoms with van der Waals surface area (Å²) in [7, 11) is -3.95. The van der Waals surface area contributed by atoms with Crippen LogP contribution in [0.15, 0.2) is 58.9 Å². The first-order valence-corrected chi connectivity index (χ1v) is 13.7. The van der Waals surface area contributed by atoms with Crippen LogP contribution in [0.3, 0.4) is 0 Å². The third kappa shape index (κ3) is 7.06. The molecule has 0 bridgehead atoms. The van der Waals surface area contributed by atoms with E-state index in [0.717, 1.165) is 10.3 Å².